The molecule has 1 saturated carbocycles. The SMILES string of the molecule is CCC1CCCCN1C(=O)C1CC1C(=O)N1CCCCCC1. The molecule has 1 aliphatic carbocycles. The Kier molecular flexibility index (Phi) is 5.04. The summed E-state index contributed by atoms with van der Waals surface area (Å²) in [4.78, 5) is 29.5. The highest BCUT2D eigenvalue weighted by Crippen LogP contribution is 2.42. The monoisotopic (exact) mass is 306 g/mol. The minimum absolute atomic E-state index is 0.00923. The molecule has 0 radical (unpaired) electrons. The Balaban J connectivity index is 1.56. The Bertz CT molecular complexity index is 415. The summed E-state index contributed by atoms with van der Waals surface area (Å²) in [6, 6.07) is 0.413. The Morgan fingerprint density at radius 3 is 2.18 bits per heavy atom. The van der Waals surface area contributed by atoms with Crippen molar-refractivity contribution in [2.24, 2.45) is 11.8 Å². The molecule has 124 valence electrons. The number of amides is 2. The van der Waals surface area contributed by atoms with Gasteiger partial charge in [-0.25, -0.2) is 0 Å². The first-order valence-electron chi connectivity index (χ1n) is 9.31. The Morgan fingerprint density at radius 2 is 1.50 bits per heavy atom. The lowest BCUT2D eigenvalue weighted by atomic mass is 9.99. The van der Waals surface area contributed by atoms with Crippen molar-refractivity contribution in [1.29, 1.82) is 0 Å². The fraction of sp³-hybridized carbons (Fsp3) is 0.889. The molecule has 0 aromatic carbocycles. The van der Waals surface area contributed by atoms with E-state index in [-0.39, 0.29) is 23.7 Å². The summed E-state index contributed by atoms with van der Waals surface area (Å²) in [5, 5.41) is 0. The second kappa shape index (κ2) is 7.01. The van der Waals surface area contributed by atoms with Crippen LogP contribution in [0.25, 0.3) is 0 Å². The van der Waals surface area contributed by atoms with Gasteiger partial charge in [-0.3, -0.25) is 9.59 Å². The molecule has 4 nitrogen and oxygen atoms in total. The molecule has 3 fully saturated rings. The fourth-order valence-corrected chi connectivity index (χ4v) is 4.19. The van der Waals surface area contributed by atoms with Crippen LogP contribution in [0, 0.1) is 11.8 Å². The van der Waals surface area contributed by atoms with E-state index in [0.29, 0.717) is 6.04 Å². The molecule has 2 amide bonds. The zero-order valence-electron chi connectivity index (χ0n) is 13.9. The van der Waals surface area contributed by atoms with Crippen LogP contribution in [0.3, 0.4) is 0 Å². The first-order valence-corrected chi connectivity index (χ1v) is 9.31. The van der Waals surface area contributed by atoms with E-state index < -0.39 is 0 Å². The molecule has 3 rings (SSSR count). The van der Waals surface area contributed by atoms with Crippen molar-refractivity contribution in [3.05, 3.63) is 0 Å². The van der Waals surface area contributed by atoms with Gasteiger partial charge < -0.3 is 9.80 Å². The maximum absolute atomic E-state index is 12.8. The van der Waals surface area contributed by atoms with E-state index in [1.165, 1.54) is 19.3 Å². The average Bonchev–Trinajstić information content (AvgIpc) is 3.37. The van der Waals surface area contributed by atoms with Crippen LogP contribution < -0.4 is 0 Å². The molecule has 3 atom stereocenters. The van der Waals surface area contributed by atoms with Crippen LogP contribution in [0.1, 0.15) is 64.7 Å². The van der Waals surface area contributed by atoms with Crippen molar-refractivity contribution in [3.63, 3.8) is 0 Å². The third kappa shape index (κ3) is 3.31. The molecule has 22 heavy (non-hydrogen) atoms. The van der Waals surface area contributed by atoms with Gasteiger partial charge in [0, 0.05) is 25.7 Å². The summed E-state index contributed by atoms with van der Waals surface area (Å²) in [5.41, 5.74) is 0. The molecule has 0 N–H and O–H groups in total. The third-order valence-corrected chi connectivity index (χ3v) is 5.72. The van der Waals surface area contributed by atoms with E-state index >= 15 is 0 Å². The number of likely N-dealkylation sites (tertiary alicyclic amines) is 2. The lowest BCUT2D eigenvalue weighted by molar-refractivity contribution is -0.140. The highest BCUT2D eigenvalue weighted by molar-refractivity contribution is 5.92. The highest BCUT2D eigenvalue weighted by Gasteiger charge is 2.51. The summed E-state index contributed by atoms with van der Waals surface area (Å²) in [7, 11) is 0. The van der Waals surface area contributed by atoms with E-state index in [4.69, 9.17) is 0 Å². The maximum atomic E-state index is 12.8. The number of carbonyl (C=O) groups is 2. The molecule has 0 aromatic heterocycles. The van der Waals surface area contributed by atoms with Gasteiger partial charge in [0.1, 0.15) is 0 Å². The fourth-order valence-electron chi connectivity index (χ4n) is 4.19. The molecular formula is C18H30N2O2. The highest BCUT2D eigenvalue weighted by atomic mass is 16.2. The minimum Gasteiger partial charge on any atom is -0.342 e. The first-order chi connectivity index (χ1) is 10.7. The molecule has 3 aliphatic rings. The molecule has 0 aromatic rings. The van der Waals surface area contributed by atoms with Gasteiger partial charge in [0.15, 0.2) is 0 Å². The van der Waals surface area contributed by atoms with Crippen LogP contribution in [0.4, 0.5) is 0 Å². The Hall–Kier alpha value is -1.06. The minimum atomic E-state index is -0.0112. The Morgan fingerprint density at radius 1 is 0.864 bits per heavy atom. The van der Waals surface area contributed by atoms with Gasteiger partial charge in [-0.05, 0) is 44.9 Å². The second-order valence-electron chi connectivity index (χ2n) is 7.28. The van der Waals surface area contributed by atoms with Crippen LogP contribution in [0.15, 0.2) is 0 Å². The van der Waals surface area contributed by atoms with Gasteiger partial charge in [0.2, 0.25) is 11.8 Å². The van der Waals surface area contributed by atoms with Crippen molar-refractivity contribution < 1.29 is 9.59 Å². The van der Waals surface area contributed by atoms with Crippen LogP contribution in [-0.4, -0.2) is 47.3 Å². The Labute approximate surface area is 134 Å². The van der Waals surface area contributed by atoms with Crippen LogP contribution in [0.5, 0.6) is 0 Å². The van der Waals surface area contributed by atoms with Gasteiger partial charge in [-0.1, -0.05) is 19.8 Å². The van der Waals surface area contributed by atoms with Crippen molar-refractivity contribution in [1.82, 2.24) is 9.80 Å². The maximum Gasteiger partial charge on any atom is 0.226 e. The number of hydrogen-bond donors (Lipinski definition) is 0. The molecule has 2 aliphatic heterocycles. The number of hydrogen-bond acceptors (Lipinski definition) is 2. The predicted octanol–water partition coefficient (Wildman–Crippen LogP) is 2.82. The predicted molar refractivity (Wildman–Crippen MR) is 86.3 cm³/mol. The zero-order chi connectivity index (χ0) is 15.5. The van der Waals surface area contributed by atoms with E-state index in [9.17, 15) is 9.59 Å². The van der Waals surface area contributed by atoms with Gasteiger partial charge in [0.25, 0.3) is 0 Å². The lowest BCUT2D eigenvalue weighted by Gasteiger charge is -2.35. The molecule has 2 heterocycles. The number of carbonyl (C=O) groups excluding carboxylic acids is 2. The summed E-state index contributed by atoms with van der Waals surface area (Å²) >= 11 is 0. The number of nitrogens with zero attached hydrogens (tertiary/aromatic N) is 2. The second-order valence-corrected chi connectivity index (χ2v) is 7.28. The van der Waals surface area contributed by atoms with E-state index in [0.717, 1.165) is 58.2 Å². The summed E-state index contributed by atoms with van der Waals surface area (Å²) in [6.07, 6.45) is 10.1. The smallest absolute Gasteiger partial charge is 0.226 e. The van der Waals surface area contributed by atoms with Crippen LogP contribution >= 0.6 is 0 Å². The van der Waals surface area contributed by atoms with Gasteiger partial charge in [-0.2, -0.15) is 0 Å². The molecular weight excluding hydrogens is 276 g/mol. The third-order valence-electron chi connectivity index (χ3n) is 5.72. The van der Waals surface area contributed by atoms with Gasteiger partial charge in [-0.15, -0.1) is 0 Å². The van der Waals surface area contributed by atoms with Crippen molar-refractivity contribution in [2.75, 3.05) is 19.6 Å². The van der Waals surface area contributed by atoms with Gasteiger partial charge >= 0.3 is 0 Å². The van der Waals surface area contributed by atoms with Crippen molar-refractivity contribution >= 4 is 11.8 Å². The number of piperidine rings is 1. The number of rotatable bonds is 3. The van der Waals surface area contributed by atoms with E-state index in [2.05, 4.69) is 11.8 Å². The van der Waals surface area contributed by atoms with Gasteiger partial charge in [0.05, 0.1) is 11.8 Å². The largest absolute Gasteiger partial charge is 0.342 e. The summed E-state index contributed by atoms with van der Waals surface area (Å²) in [5.74, 6) is 0.498. The lowest BCUT2D eigenvalue weighted by Crippen LogP contribution is -2.45. The quantitative estimate of drug-likeness (QED) is 0.804. The average molecular weight is 306 g/mol. The molecule has 3 unspecified atom stereocenters. The normalized spacial score (nSPS) is 32.5. The van der Waals surface area contributed by atoms with E-state index in [1.54, 1.807) is 0 Å². The van der Waals surface area contributed by atoms with Crippen molar-refractivity contribution in [3.8, 4) is 0 Å². The first kappa shape index (κ1) is 15.8. The summed E-state index contributed by atoms with van der Waals surface area (Å²) < 4.78 is 0. The summed E-state index contributed by atoms with van der Waals surface area (Å²) in [6.45, 7) is 4.87. The topological polar surface area (TPSA) is 40.6 Å². The molecule has 4 heteroatoms. The van der Waals surface area contributed by atoms with E-state index in [1.807, 2.05) is 4.90 Å². The molecule has 0 bridgehead atoms. The van der Waals surface area contributed by atoms with Crippen LogP contribution in [-0.2, 0) is 9.59 Å². The van der Waals surface area contributed by atoms with Crippen LogP contribution in [0.2, 0.25) is 0 Å². The molecule has 0 spiro atoms. The standard InChI is InChI=1S/C18H30N2O2/c1-2-14-9-5-8-12-20(14)18(22)16-13-15(16)17(21)19-10-6-3-4-7-11-19/h14-16H,2-13H2,1H3. The molecule has 2 saturated heterocycles. The van der Waals surface area contributed by atoms with Crippen molar-refractivity contribution in [2.45, 2.75) is 70.8 Å². The zero-order valence-corrected chi connectivity index (χ0v) is 13.9.